The van der Waals surface area contributed by atoms with Gasteiger partial charge in [0.25, 0.3) is 0 Å². The molecule has 0 bridgehead atoms. The van der Waals surface area contributed by atoms with E-state index in [-0.39, 0.29) is 30.4 Å². The highest BCUT2D eigenvalue weighted by atomic mass is 35.5. The topological polar surface area (TPSA) is 18.8 Å². The van der Waals surface area contributed by atoms with Crippen LogP contribution in [0, 0.1) is 0 Å². The van der Waals surface area contributed by atoms with Crippen molar-refractivity contribution in [3.05, 3.63) is 69.0 Å². The van der Waals surface area contributed by atoms with Crippen molar-refractivity contribution in [1.29, 1.82) is 0 Å². The second-order valence-corrected chi connectivity index (χ2v) is 7.98. The maximum Gasteiger partial charge on any atom is 0.0755 e. The zero-order chi connectivity index (χ0) is 17.2. The molecule has 1 aromatic rings. The zero-order valence-corrected chi connectivity index (χ0v) is 17.9. The zero-order valence-electron chi connectivity index (χ0n) is 15.5. The standard InChI is InChI=1S/C21H22ClN3.2ClH/c1-24-11-9-21(10-12-24)19-15-5-3-4-6-17(15)23-20(19)16-8-7-14(22)13-18(16)25(21)2;;/h3-7,13H,8-12H2,1-2H3;2*1H. The smallest absolute Gasteiger partial charge is 0.0755 e. The number of allylic oxidation sites excluding steroid dienone is 4. The molecule has 3 nitrogen and oxygen atoms in total. The van der Waals surface area contributed by atoms with E-state index in [1.807, 2.05) is 0 Å². The molecule has 0 amide bonds. The van der Waals surface area contributed by atoms with Crippen LogP contribution in [0.4, 0.5) is 0 Å². The highest BCUT2D eigenvalue weighted by Gasteiger charge is 2.48. The molecule has 1 saturated heterocycles. The molecular formula is C21H24Cl3N3. The predicted octanol–water partition coefficient (Wildman–Crippen LogP) is 3.39. The normalized spacial score (nSPS) is 22.6. The van der Waals surface area contributed by atoms with Gasteiger partial charge in [-0.15, -0.1) is 24.8 Å². The van der Waals surface area contributed by atoms with Gasteiger partial charge in [-0.05, 0) is 38.5 Å². The van der Waals surface area contributed by atoms with Gasteiger partial charge in [-0.2, -0.15) is 0 Å². The van der Waals surface area contributed by atoms with Crippen LogP contribution in [0.3, 0.4) is 0 Å². The molecule has 1 spiro atoms. The summed E-state index contributed by atoms with van der Waals surface area (Å²) in [6, 6.07) is 8.62. The third-order valence-corrected chi connectivity index (χ3v) is 6.56. The minimum absolute atomic E-state index is 0. The number of rotatable bonds is 0. The van der Waals surface area contributed by atoms with Gasteiger partial charge in [-0.25, -0.2) is 4.99 Å². The molecular weight excluding hydrogens is 401 g/mol. The number of para-hydroxylation sites is 1. The average Bonchev–Trinajstić information content (AvgIpc) is 3.02. The van der Waals surface area contributed by atoms with E-state index in [9.17, 15) is 0 Å². The Hall–Kier alpha value is -1.26. The van der Waals surface area contributed by atoms with Crippen molar-refractivity contribution in [3.63, 3.8) is 0 Å². The molecule has 0 saturated carbocycles. The molecule has 5 rings (SSSR count). The van der Waals surface area contributed by atoms with Gasteiger partial charge in [0.1, 0.15) is 0 Å². The molecule has 0 N–H and O–H groups in total. The van der Waals surface area contributed by atoms with Gasteiger partial charge < -0.3 is 9.80 Å². The number of likely N-dealkylation sites (N-methyl/N-ethyl adjacent to an activating group) is 1. The molecule has 1 fully saturated rings. The van der Waals surface area contributed by atoms with Crippen LogP contribution in [0.2, 0.25) is 0 Å². The van der Waals surface area contributed by atoms with Crippen molar-refractivity contribution in [2.24, 2.45) is 4.99 Å². The van der Waals surface area contributed by atoms with Crippen LogP contribution in [-0.4, -0.2) is 42.5 Å². The van der Waals surface area contributed by atoms with Crippen LogP contribution < -0.4 is 10.6 Å². The van der Waals surface area contributed by atoms with Crippen molar-refractivity contribution in [2.75, 3.05) is 27.2 Å². The number of fused-ring (bicyclic) bond motifs is 4. The summed E-state index contributed by atoms with van der Waals surface area (Å²) in [5.41, 5.74) is 5.24. The minimum Gasteiger partial charge on any atom is -0.364 e. The molecule has 144 valence electrons. The maximum atomic E-state index is 6.37. The second kappa shape index (κ2) is 7.29. The Morgan fingerprint density at radius 2 is 1.78 bits per heavy atom. The van der Waals surface area contributed by atoms with Gasteiger partial charge in [0.05, 0.1) is 16.6 Å². The third kappa shape index (κ3) is 2.87. The lowest BCUT2D eigenvalue weighted by atomic mass is 9.72. The largest absolute Gasteiger partial charge is 0.364 e. The number of nitrogens with zero attached hydrogens (tertiary/aromatic N) is 3. The molecule has 3 heterocycles. The molecule has 1 aliphatic carbocycles. The Morgan fingerprint density at radius 1 is 1.07 bits per heavy atom. The second-order valence-electron chi connectivity index (χ2n) is 7.55. The summed E-state index contributed by atoms with van der Waals surface area (Å²) in [7, 11) is 4.46. The number of hydrogen-bond acceptors (Lipinski definition) is 3. The van der Waals surface area contributed by atoms with Crippen LogP contribution in [0.25, 0.3) is 5.57 Å². The van der Waals surface area contributed by atoms with Crippen LogP contribution in [0.1, 0.15) is 19.3 Å². The molecule has 0 aromatic heterocycles. The Bertz CT molecular complexity index is 982. The van der Waals surface area contributed by atoms with Crippen molar-refractivity contribution in [2.45, 2.75) is 24.8 Å². The number of likely N-dealkylation sites (tertiary alicyclic amines) is 1. The van der Waals surface area contributed by atoms with E-state index in [2.05, 4.69) is 60.3 Å². The van der Waals surface area contributed by atoms with Crippen molar-refractivity contribution in [1.82, 2.24) is 9.80 Å². The lowest BCUT2D eigenvalue weighted by molar-refractivity contribution is 0.117. The average molecular weight is 425 g/mol. The van der Waals surface area contributed by atoms with Crippen LogP contribution in [0.5, 0.6) is 0 Å². The highest BCUT2D eigenvalue weighted by Crippen LogP contribution is 2.50. The summed E-state index contributed by atoms with van der Waals surface area (Å²) < 4.78 is 0. The van der Waals surface area contributed by atoms with E-state index in [1.165, 1.54) is 27.8 Å². The fraction of sp³-hybridized carbons (Fsp3) is 0.381. The van der Waals surface area contributed by atoms with Crippen LogP contribution >= 0.6 is 36.4 Å². The Balaban J connectivity index is 0.00000105. The summed E-state index contributed by atoms with van der Waals surface area (Å²) in [5.74, 6) is 0. The van der Waals surface area contributed by atoms with E-state index >= 15 is 0 Å². The summed E-state index contributed by atoms with van der Waals surface area (Å²) in [6.45, 7) is 2.21. The summed E-state index contributed by atoms with van der Waals surface area (Å²) >= 11 is 6.37. The lowest BCUT2D eigenvalue weighted by Gasteiger charge is -2.53. The van der Waals surface area contributed by atoms with Crippen LogP contribution in [-0.2, 0) is 0 Å². The molecule has 0 unspecified atom stereocenters. The fourth-order valence-electron chi connectivity index (χ4n) is 4.85. The number of hydrogen-bond donors (Lipinski definition) is 0. The van der Waals surface area contributed by atoms with Gasteiger partial charge >= 0.3 is 0 Å². The van der Waals surface area contributed by atoms with E-state index in [0.29, 0.717) is 0 Å². The number of piperidine rings is 1. The first kappa shape index (κ1) is 20.5. The molecule has 1 aromatic carbocycles. The maximum absolute atomic E-state index is 6.37. The van der Waals surface area contributed by atoms with Crippen molar-refractivity contribution >= 4 is 42.0 Å². The van der Waals surface area contributed by atoms with Gasteiger partial charge in [0.2, 0.25) is 0 Å². The Labute approximate surface area is 177 Å². The SMILES string of the molecule is CN1CCC2(CC1)C1=c3ccccc3=NC1=C1CC=C(Cl)C=C1N2C.Cl.Cl. The summed E-state index contributed by atoms with van der Waals surface area (Å²) in [6.07, 6.45) is 7.33. The predicted molar refractivity (Wildman–Crippen MR) is 116 cm³/mol. The Kier molecular flexibility index (Phi) is 5.53. The lowest BCUT2D eigenvalue weighted by Crippen LogP contribution is -2.57. The molecule has 27 heavy (non-hydrogen) atoms. The first-order valence-electron chi connectivity index (χ1n) is 9.02. The summed E-state index contributed by atoms with van der Waals surface area (Å²) in [5, 5.41) is 3.28. The quantitative estimate of drug-likeness (QED) is 0.636. The van der Waals surface area contributed by atoms with E-state index in [1.54, 1.807) is 0 Å². The summed E-state index contributed by atoms with van der Waals surface area (Å²) in [4.78, 5) is 10.0. The first-order valence-corrected chi connectivity index (χ1v) is 9.40. The highest BCUT2D eigenvalue weighted by molar-refractivity contribution is 6.31. The molecule has 0 atom stereocenters. The van der Waals surface area contributed by atoms with Crippen molar-refractivity contribution in [3.8, 4) is 0 Å². The van der Waals surface area contributed by atoms with E-state index < -0.39 is 0 Å². The number of halogens is 3. The van der Waals surface area contributed by atoms with Gasteiger partial charge in [0.15, 0.2) is 0 Å². The van der Waals surface area contributed by atoms with Crippen molar-refractivity contribution < 1.29 is 0 Å². The first-order chi connectivity index (χ1) is 12.1. The van der Waals surface area contributed by atoms with Gasteiger partial charge in [0, 0.05) is 47.2 Å². The van der Waals surface area contributed by atoms with Gasteiger partial charge in [-0.1, -0.05) is 35.9 Å². The fourth-order valence-corrected chi connectivity index (χ4v) is 5.03. The molecule has 4 aliphatic rings. The third-order valence-electron chi connectivity index (χ3n) is 6.30. The van der Waals surface area contributed by atoms with Gasteiger partial charge in [-0.3, -0.25) is 0 Å². The minimum atomic E-state index is 0. The Morgan fingerprint density at radius 3 is 2.52 bits per heavy atom. The number of benzene rings is 1. The molecule has 6 heteroatoms. The molecule has 0 radical (unpaired) electrons. The molecule has 3 aliphatic heterocycles. The van der Waals surface area contributed by atoms with E-state index in [4.69, 9.17) is 16.6 Å². The monoisotopic (exact) mass is 423 g/mol. The van der Waals surface area contributed by atoms with E-state index in [0.717, 1.165) is 42.7 Å². The van der Waals surface area contributed by atoms with Crippen LogP contribution in [0.15, 0.2) is 63.4 Å².